The van der Waals surface area contributed by atoms with Gasteiger partial charge in [0.1, 0.15) is 17.3 Å². The number of nitrogen functional groups attached to an aromatic ring is 1. The molecule has 2 unspecified atom stereocenters. The van der Waals surface area contributed by atoms with Gasteiger partial charge in [-0.15, -0.1) is 10.2 Å². The van der Waals surface area contributed by atoms with E-state index in [4.69, 9.17) is 5.73 Å². The SMILES string of the molecule is Nc1nnc(-c2ccccc2O)cc1N1CC2CCC(C1)N2c1ccnc(C#CCN2CCn3ccnc3C2)c1. The summed E-state index contributed by atoms with van der Waals surface area (Å²) in [5.41, 5.74) is 10.4. The lowest BCUT2D eigenvalue weighted by molar-refractivity contribution is 0.243. The molecule has 4 aromatic rings. The minimum absolute atomic E-state index is 0.178. The molecular formula is C30H31N9O. The number of para-hydroxylation sites is 1. The summed E-state index contributed by atoms with van der Waals surface area (Å²) in [5.74, 6) is 8.30. The van der Waals surface area contributed by atoms with Gasteiger partial charge in [0.15, 0.2) is 5.82 Å². The molecule has 0 saturated carbocycles. The molecule has 2 saturated heterocycles. The third kappa shape index (κ3) is 4.58. The highest BCUT2D eigenvalue weighted by atomic mass is 16.3. The van der Waals surface area contributed by atoms with Crippen LogP contribution in [0.4, 0.5) is 17.2 Å². The first kappa shape index (κ1) is 24.4. The molecule has 2 atom stereocenters. The van der Waals surface area contributed by atoms with Crippen molar-refractivity contribution in [3.05, 3.63) is 72.6 Å². The van der Waals surface area contributed by atoms with Crippen LogP contribution in [0, 0.1) is 11.8 Å². The van der Waals surface area contributed by atoms with Gasteiger partial charge in [-0.05, 0) is 49.1 Å². The van der Waals surface area contributed by atoms with Crippen molar-refractivity contribution < 1.29 is 5.11 Å². The van der Waals surface area contributed by atoms with E-state index in [0.29, 0.717) is 35.7 Å². The number of phenols is 1. The van der Waals surface area contributed by atoms with Crippen molar-refractivity contribution in [2.45, 2.75) is 38.0 Å². The molecule has 1 aromatic carbocycles. The number of imidazole rings is 1. The number of aromatic hydroxyl groups is 1. The zero-order valence-electron chi connectivity index (χ0n) is 22.2. The first-order valence-corrected chi connectivity index (χ1v) is 13.7. The molecule has 3 aliphatic rings. The van der Waals surface area contributed by atoms with E-state index >= 15 is 0 Å². The Morgan fingerprint density at radius 3 is 2.67 bits per heavy atom. The molecule has 40 heavy (non-hydrogen) atoms. The lowest BCUT2D eigenvalue weighted by atomic mass is 10.1. The average molecular weight is 534 g/mol. The molecule has 2 bridgehead atoms. The highest BCUT2D eigenvalue weighted by Crippen LogP contribution is 2.39. The van der Waals surface area contributed by atoms with E-state index in [0.717, 1.165) is 62.8 Å². The molecule has 10 heteroatoms. The molecule has 0 spiro atoms. The highest BCUT2D eigenvalue weighted by Gasteiger charge is 2.40. The Bertz CT molecular complexity index is 1590. The van der Waals surface area contributed by atoms with Gasteiger partial charge < -0.3 is 25.2 Å². The second-order valence-corrected chi connectivity index (χ2v) is 10.7. The fraction of sp³-hybridized carbons (Fsp3) is 0.333. The van der Waals surface area contributed by atoms with E-state index in [9.17, 15) is 5.11 Å². The van der Waals surface area contributed by atoms with Crippen LogP contribution < -0.4 is 15.5 Å². The molecular weight excluding hydrogens is 502 g/mol. The van der Waals surface area contributed by atoms with Crippen molar-refractivity contribution in [3.63, 3.8) is 0 Å². The molecule has 0 aliphatic carbocycles. The monoisotopic (exact) mass is 533 g/mol. The highest BCUT2D eigenvalue weighted by molar-refractivity contribution is 5.74. The van der Waals surface area contributed by atoms with E-state index in [-0.39, 0.29) is 5.75 Å². The first-order valence-electron chi connectivity index (χ1n) is 13.7. The molecule has 2 fully saturated rings. The van der Waals surface area contributed by atoms with Gasteiger partial charge in [0.05, 0.1) is 24.5 Å². The Morgan fingerprint density at radius 1 is 0.975 bits per heavy atom. The number of hydrogen-bond donors (Lipinski definition) is 2. The summed E-state index contributed by atoms with van der Waals surface area (Å²) in [4.78, 5) is 16.1. The number of pyridine rings is 1. The van der Waals surface area contributed by atoms with Crippen LogP contribution in [0.3, 0.4) is 0 Å². The zero-order chi connectivity index (χ0) is 27.1. The summed E-state index contributed by atoms with van der Waals surface area (Å²) in [6, 6.07) is 14.0. The van der Waals surface area contributed by atoms with Gasteiger partial charge in [0.2, 0.25) is 0 Å². The first-order chi connectivity index (χ1) is 19.6. The number of nitrogens with zero attached hydrogens (tertiary/aromatic N) is 8. The summed E-state index contributed by atoms with van der Waals surface area (Å²) < 4.78 is 2.20. The van der Waals surface area contributed by atoms with Crippen molar-refractivity contribution in [1.82, 2.24) is 29.6 Å². The molecule has 6 heterocycles. The summed E-state index contributed by atoms with van der Waals surface area (Å²) in [7, 11) is 0. The lowest BCUT2D eigenvalue weighted by Gasteiger charge is -2.43. The Hall–Kier alpha value is -4.62. The van der Waals surface area contributed by atoms with Crippen LogP contribution in [0.15, 0.2) is 61.1 Å². The van der Waals surface area contributed by atoms with E-state index in [2.05, 4.69) is 63.4 Å². The summed E-state index contributed by atoms with van der Waals surface area (Å²) in [5, 5.41) is 18.8. The summed E-state index contributed by atoms with van der Waals surface area (Å²) >= 11 is 0. The van der Waals surface area contributed by atoms with Crippen LogP contribution in [0.1, 0.15) is 24.4 Å². The number of aromatic nitrogens is 5. The van der Waals surface area contributed by atoms with Gasteiger partial charge >= 0.3 is 0 Å². The Balaban J connectivity index is 1.06. The molecule has 7 rings (SSSR count). The normalized spacial score (nSPS) is 20.2. The maximum Gasteiger partial charge on any atom is 0.169 e. The number of nitrogens with two attached hydrogens (primary N) is 1. The van der Waals surface area contributed by atoms with Crippen LogP contribution in [-0.2, 0) is 13.1 Å². The van der Waals surface area contributed by atoms with Gasteiger partial charge in [-0.3, -0.25) is 4.90 Å². The largest absolute Gasteiger partial charge is 0.507 e. The molecule has 0 radical (unpaired) electrons. The Morgan fingerprint density at radius 2 is 1.82 bits per heavy atom. The molecule has 0 amide bonds. The quantitative estimate of drug-likeness (QED) is 0.383. The number of rotatable bonds is 4. The number of fused-ring (bicyclic) bond motifs is 3. The Labute approximate surface area is 233 Å². The Kier molecular flexibility index (Phi) is 6.21. The predicted octanol–water partition coefficient (Wildman–Crippen LogP) is 2.75. The number of piperazine rings is 1. The van der Waals surface area contributed by atoms with Crippen molar-refractivity contribution >= 4 is 17.2 Å². The maximum absolute atomic E-state index is 10.3. The molecule has 3 aromatic heterocycles. The van der Waals surface area contributed by atoms with Crippen LogP contribution in [0.5, 0.6) is 5.75 Å². The molecule has 202 valence electrons. The van der Waals surface area contributed by atoms with Gasteiger partial charge in [-0.25, -0.2) is 9.97 Å². The van der Waals surface area contributed by atoms with Crippen LogP contribution in [0.25, 0.3) is 11.3 Å². The van der Waals surface area contributed by atoms with E-state index in [1.54, 1.807) is 12.1 Å². The van der Waals surface area contributed by atoms with Crippen molar-refractivity contribution in [2.75, 3.05) is 41.7 Å². The third-order valence-corrected chi connectivity index (χ3v) is 8.19. The molecule has 10 nitrogen and oxygen atoms in total. The van der Waals surface area contributed by atoms with E-state index < -0.39 is 0 Å². The van der Waals surface area contributed by atoms with Crippen molar-refractivity contribution in [3.8, 4) is 28.8 Å². The molecule has 3 aliphatic heterocycles. The summed E-state index contributed by atoms with van der Waals surface area (Å²) in [6.45, 7) is 5.13. The van der Waals surface area contributed by atoms with Gasteiger partial charge in [-0.2, -0.15) is 0 Å². The predicted molar refractivity (Wildman–Crippen MR) is 154 cm³/mol. The van der Waals surface area contributed by atoms with E-state index in [1.165, 1.54) is 5.69 Å². The third-order valence-electron chi connectivity index (χ3n) is 8.19. The zero-order valence-corrected chi connectivity index (χ0v) is 22.2. The fourth-order valence-electron chi connectivity index (χ4n) is 6.24. The smallest absolute Gasteiger partial charge is 0.169 e. The number of hydrogen-bond acceptors (Lipinski definition) is 9. The van der Waals surface area contributed by atoms with E-state index in [1.807, 2.05) is 36.8 Å². The fourth-order valence-corrected chi connectivity index (χ4v) is 6.24. The van der Waals surface area contributed by atoms with Crippen LogP contribution in [0.2, 0.25) is 0 Å². The van der Waals surface area contributed by atoms with Crippen molar-refractivity contribution in [2.24, 2.45) is 0 Å². The van der Waals surface area contributed by atoms with Crippen molar-refractivity contribution in [1.29, 1.82) is 0 Å². The number of anilines is 3. The maximum atomic E-state index is 10.3. The minimum Gasteiger partial charge on any atom is -0.507 e. The number of benzene rings is 1. The standard InChI is InChI=1S/C30H31N9O/c31-30-27(17-26(34-35-30)25-5-1-2-6-28(25)40)38-18-23-7-8-24(19-38)39(23)22-9-10-32-21(16-22)4-3-12-36-14-15-37-13-11-33-29(37)20-36/h1-2,5-6,9-11,13,16-17,23-24,40H,7-8,12,14-15,18-20H2,(H2,31,35). The van der Waals surface area contributed by atoms with Crippen LogP contribution >= 0.6 is 0 Å². The topological polar surface area (TPSA) is 112 Å². The van der Waals surface area contributed by atoms with Crippen LogP contribution in [-0.4, -0.2) is 73.0 Å². The second kappa shape index (κ2) is 10.2. The molecule has 3 N–H and O–H groups in total. The summed E-state index contributed by atoms with van der Waals surface area (Å²) in [6.07, 6.45) is 7.99. The van der Waals surface area contributed by atoms with Gasteiger partial charge in [0, 0.05) is 68.1 Å². The van der Waals surface area contributed by atoms with Gasteiger partial charge in [0.25, 0.3) is 0 Å². The lowest BCUT2D eigenvalue weighted by Crippen LogP contribution is -2.54. The average Bonchev–Trinajstić information content (AvgIpc) is 3.55. The van der Waals surface area contributed by atoms with Gasteiger partial charge in [-0.1, -0.05) is 18.1 Å². The number of phenolic OH excluding ortho intramolecular Hbond substituents is 1. The minimum atomic E-state index is 0.178. The second-order valence-electron chi connectivity index (χ2n) is 10.7.